The van der Waals surface area contributed by atoms with E-state index in [2.05, 4.69) is 32.7 Å². The van der Waals surface area contributed by atoms with Crippen molar-refractivity contribution in [2.75, 3.05) is 43.0 Å². The van der Waals surface area contributed by atoms with Gasteiger partial charge in [-0.1, -0.05) is 12.8 Å². The zero-order chi connectivity index (χ0) is 23.5. The molecule has 2 N–H and O–H groups in total. The van der Waals surface area contributed by atoms with Gasteiger partial charge < -0.3 is 20.3 Å². The Kier molecular flexibility index (Phi) is 7.87. The predicted molar refractivity (Wildman–Crippen MR) is 139 cm³/mol. The lowest BCUT2D eigenvalue weighted by atomic mass is 10.1. The number of ether oxygens (including phenoxy) is 1. The summed E-state index contributed by atoms with van der Waals surface area (Å²) >= 11 is 0. The van der Waals surface area contributed by atoms with Crippen LogP contribution in [0.5, 0.6) is 0 Å². The van der Waals surface area contributed by atoms with Crippen molar-refractivity contribution in [3.05, 3.63) is 52.4 Å². The average Bonchev–Trinajstić information content (AvgIpc) is 3.39. The maximum absolute atomic E-state index is 13.3. The van der Waals surface area contributed by atoms with Crippen molar-refractivity contribution in [3.63, 3.8) is 0 Å². The Hall–Kier alpha value is -3.17. The highest BCUT2D eigenvalue weighted by Crippen LogP contribution is 2.31. The molecule has 1 aliphatic carbocycles. The van der Waals surface area contributed by atoms with E-state index in [-0.39, 0.29) is 36.2 Å². The summed E-state index contributed by atoms with van der Waals surface area (Å²) in [6.07, 6.45) is 5.55. The number of fused-ring (bicyclic) bond motifs is 1. The van der Waals surface area contributed by atoms with E-state index >= 15 is 0 Å². The number of piperazine rings is 1. The van der Waals surface area contributed by atoms with Crippen LogP contribution in [0.15, 0.2) is 41.3 Å². The van der Waals surface area contributed by atoms with Crippen molar-refractivity contribution < 1.29 is 9.53 Å². The Labute approximate surface area is 210 Å². The SMILES string of the molecule is CCOC(=O)c1cc2cnc(Nc3ccc(N4CCNCC4)cc3)nc2n(C2CCCC2)c1=O.Cl. The van der Waals surface area contributed by atoms with Gasteiger partial charge in [0.2, 0.25) is 5.95 Å². The predicted octanol–water partition coefficient (Wildman–Crippen LogP) is 3.66. The van der Waals surface area contributed by atoms with E-state index < -0.39 is 5.97 Å². The van der Waals surface area contributed by atoms with Crippen molar-refractivity contribution in [2.45, 2.75) is 38.6 Å². The molecule has 10 heteroatoms. The molecule has 186 valence electrons. The maximum Gasteiger partial charge on any atom is 0.343 e. The summed E-state index contributed by atoms with van der Waals surface area (Å²) in [6, 6.07) is 9.78. The van der Waals surface area contributed by atoms with E-state index in [1.165, 1.54) is 5.69 Å². The molecule has 0 atom stereocenters. The molecule has 0 radical (unpaired) electrons. The van der Waals surface area contributed by atoms with Crippen LogP contribution in [0.1, 0.15) is 49.0 Å². The van der Waals surface area contributed by atoms with Gasteiger partial charge in [-0.25, -0.2) is 9.78 Å². The summed E-state index contributed by atoms with van der Waals surface area (Å²) in [5.74, 6) is -0.189. The largest absolute Gasteiger partial charge is 0.462 e. The fourth-order valence-corrected chi connectivity index (χ4v) is 4.84. The van der Waals surface area contributed by atoms with Gasteiger partial charge >= 0.3 is 5.97 Å². The fourth-order valence-electron chi connectivity index (χ4n) is 4.84. The number of halogens is 1. The Morgan fingerprint density at radius 1 is 1.17 bits per heavy atom. The van der Waals surface area contributed by atoms with Crippen LogP contribution in [0.25, 0.3) is 11.0 Å². The Bertz CT molecular complexity index is 1230. The first kappa shape index (κ1) is 24.9. The lowest BCUT2D eigenvalue weighted by Gasteiger charge is -2.29. The number of rotatable bonds is 6. The van der Waals surface area contributed by atoms with E-state index in [0.717, 1.165) is 57.5 Å². The van der Waals surface area contributed by atoms with Gasteiger partial charge in [-0.05, 0) is 50.1 Å². The van der Waals surface area contributed by atoms with Gasteiger partial charge in [-0.3, -0.25) is 9.36 Å². The summed E-state index contributed by atoms with van der Waals surface area (Å²) < 4.78 is 6.79. The average molecular weight is 499 g/mol. The third-order valence-electron chi connectivity index (χ3n) is 6.56. The third kappa shape index (κ3) is 5.26. The minimum absolute atomic E-state index is 0. The Morgan fingerprint density at radius 3 is 2.57 bits per heavy atom. The quantitative estimate of drug-likeness (QED) is 0.496. The molecule has 0 spiro atoms. The van der Waals surface area contributed by atoms with E-state index in [4.69, 9.17) is 9.72 Å². The van der Waals surface area contributed by atoms with Gasteiger partial charge in [0.1, 0.15) is 11.2 Å². The smallest absolute Gasteiger partial charge is 0.343 e. The first-order chi connectivity index (χ1) is 16.6. The van der Waals surface area contributed by atoms with Crippen molar-refractivity contribution in [1.29, 1.82) is 0 Å². The minimum atomic E-state index is -0.604. The molecule has 0 amide bonds. The lowest BCUT2D eigenvalue weighted by Crippen LogP contribution is -2.43. The number of carbonyl (C=O) groups excluding carboxylic acids is 1. The van der Waals surface area contributed by atoms with E-state index in [1.807, 2.05) is 12.1 Å². The molecule has 1 saturated heterocycles. The molecular formula is C25H31ClN6O3. The van der Waals surface area contributed by atoms with Crippen LogP contribution < -0.4 is 21.1 Å². The molecule has 3 aromatic rings. The van der Waals surface area contributed by atoms with Crippen LogP contribution in [0.2, 0.25) is 0 Å². The lowest BCUT2D eigenvalue weighted by molar-refractivity contribution is 0.0523. The molecule has 5 rings (SSSR count). The van der Waals surface area contributed by atoms with Crippen molar-refractivity contribution >= 4 is 46.7 Å². The second-order valence-corrected chi connectivity index (χ2v) is 8.77. The van der Waals surface area contributed by atoms with Gasteiger partial charge in [-0.2, -0.15) is 4.98 Å². The number of benzene rings is 1. The number of hydrogen-bond acceptors (Lipinski definition) is 8. The molecule has 0 unspecified atom stereocenters. The zero-order valence-corrected chi connectivity index (χ0v) is 20.6. The third-order valence-corrected chi connectivity index (χ3v) is 6.56. The second kappa shape index (κ2) is 11.0. The number of nitrogens with zero attached hydrogens (tertiary/aromatic N) is 4. The van der Waals surface area contributed by atoms with E-state index in [0.29, 0.717) is 17.0 Å². The van der Waals surface area contributed by atoms with Gasteiger partial charge in [0.15, 0.2) is 0 Å². The number of aromatic nitrogens is 3. The monoisotopic (exact) mass is 498 g/mol. The van der Waals surface area contributed by atoms with Crippen molar-refractivity contribution in [1.82, 2.24) is 19.9 Å². The molecule has 35 heavy (non-hydrogen) atoms. The van der Waals surface area contributed by atoms with Crippen LogP contribution >= 0.6 is 12.4 Å². The molecule has 1 aromatic carbocycles. The van der Waals surface area contributed by atoms with Gasteiger partial charge in [0.25, 0.3) is 5.56 Å². The summed E-state index contributed by atoms with van der Waals surface area (Å²) in [5, 5.41) is 7.28. The highest BCUT2D eigenvalue weighted by molar-refractivity contribution is 5.93. The maximum atomic E-state index is 13.3. The number of esters is 1. The van der Waals surface area contributed by atoms with Crippen LogP contribution in [0, 0.1) is 0 Å². The molecule has 9 nitrogen and oxygen atoms in total. The van der Waals surface area contributed by atoms with Gasteiger partial charge in [0.05, 0.1) is 6.61 Å². The first-order valence-electron chi connectivity index (χ1n) is 12.1. The van der Waals surface area contributed by atoms with E-state index in [9.17, 15) is 9.59 Å². The van der Waals surface area contributed by atoms with Crippen LogP contribution in [-0.4, -0.2) is 53.3 Å². The summed E-state index contributed by atoms with van der Waals surface area (Å²) in [6.45, 7) is 5.91. The van der Waals surface area contributed by atoms with Crippen molar-refractivity contribution in [2.24, 2.45) is 0 Å². The molecule has 2 aromatic heterocycles. The summed E-state index contributed by atoms with van der Waals surface area (Å²) in [7, 11) is 0. The number of carbonyl (C=O) groups is 1. The van der Waals surface area contributed by atoms with Crippen molar-refractivity contribution in [3.8, 4) is 0 Å². The summed E-state index contributed by atoms with van der Waals surface area (Å²) in [4.78, 5) is 37.3. The number of nitrogens with one attached hydrogen (secondary N) is 2. The standard InChI is InChI=1S/C25H30N6O3.ClH/c1-2-34-24(33)21-15-17-16-27-25(29-22(17)31(23(21)32)20-5-3-4-6-20)28-18-7-9-19(10-8-18)30-13-11-26-12-14-30;/h7-10,15-16,20,26H,2-6,11-14H2,1H3,(H,27,28,29);1H. The van der Waals surface area contributed by atoms with Crippen LogP contribution in [-0.2, 0) is 4.74 Å². The fraction of sp³-hybridized carbons (Fsp3) is 0.440. The molecule has 0 bridgehead atoms. The number of hydrogen-bond donors (Lipinski definition) is 2. The zero-order valence-electron chi connectivity index (χ0n) is 19.8. The topological polar surface area (TPSA) is 101 Å². The molecule has 3 heterocycles. The number of anilines is 3. The molecule has 1 aliphatic heterocycles. The van der Waals surface area contributed by atoms with Gasteiger partial charge in [-0.15, -0.1) is 12.4 Å². The minimum Gasteiger partial charge on any atom is -0.462 e. The number of pyridine rings is 1. The summed E-state index contributed by atoms with van der Waals surface area (Å²) in [5.41, 5.74) is 2.29. The Morgan fingerprint density at radius 2 is 1.89 bits per heavy atom. The molecule has 2 fully saturated rings. The molecule has 1 saturated carbocycles. The highest BCUT2D eigenvalue weighted by atomic mass is 35.5. The normalized spacial score (nSPS) is 16.2. The van der Waals surface area contributed by atoms with E-state index in [1.54, 1.807) is 23.8 Å². The Balaban J connectivity index is 0.00000289. The van der Waals surface area contributed by atoms with Gasteiger partial charge in [0, 0.05) is 55.2 Å². The molecular weight excluding hydrogens is 468 g/mol. The molecule has 2 aliphatic rings. The highest BCUT2D eigenvalue weighted by Gasteiger charge is 2.25. The second-order valence-electron chi connectivity index (χ2n) is 8.77. The van der Waals surface area contributed by atoms with Crippen LogP contribution in [0.4, 0.5) is 17.3 Å². The van der Waals surface area contributed by atoms with Crippen LogP contribution in [0.3, 0.4) is 0 Å². The first-order valence-corrected chi connectivity index (χ1v) is 12.1.